The molecule has 0 bridgehead atoms. The standard InChI is InChI=1S/C21H15N7O6S/c29-11-13-10-14(28(30)31)8-9-17(13)26-24-21(15-4-1-2-7-19(15)35(32,33)34)25-27(26)18-6-3-5-16-20(18)23-12-22-16/h1-10,12,29H,11H2,(H-,22,23,32,33,34)/p+1. The van der Waals surface area contributed by atoms with E-state index in [9.17, 15) is 28.2 Å². The van der Waals surface area contributed by atoms with Gasteiger partial charge in [0.1, 0.15) is 10.4 Å². The maximum absolute atomic E-state index is 12.0. The van der Waals surface area contributed by atoms with Crippen molar-refractivity contribution >= 4 is 26.8 Å². The number of aromatic nitrogens is 6. The number of benzene rings is 3. The molecule has 0 aliphatic carbocycles. The molecule has 2 heterocycles. The fourth-order valence-corrected chi connectivity index (χ4v) is 4.39. The lowest BCUT2D eigenvalue weighted by Gasteiger charge is -2.05. The number of hydrogen-bond acceptors (Lipinski definition) is 8. The third kappa shape index (κ3) is 3.90. The van der Waals surface area contributed by atoms with Crippen LogP contribution < -0.4 is 4.80 Å². The number of non-ortho nitro benzene ring substituents is 1. The first-order valence-corrected chi connectivity index (χ1v) is 11.5. The highest BCUT2D eigenvalue weighted by Crippen LogP contribution is 2.26. The van der Waals surface area contributed by atoms with Crippen LogP contribution in [0.25, 0.3) is 33.8 Å². The molecule has 0 atom stereocenters. The molecule has 0 amide bonds. The first-order valence-electron chi connectivity index (χ1n) is 10.1. The highest BCUT2D eigenvalue weighted by Gasteiger charge is 2.30. The molecule has 14 heteroatoms. The zero-order valence-electron chi connectivity index (χ0n) is 17.7. The number of aliphatic hydroxyl groups excluding tert-OH is 1. The summed E-state index contributed by atoms with van der Waals surface area (Å²) in [5.74, 6) is -0.0620. The van der Waals surface area contributed by atoms with Crippen molar-refractivity contribution in [1.82, 2.24) is 25.0 Å². The van der Waals surface area contributed by atoms with Gasteiger partial charge in [0, 0.05) is 22.5 Å². The van der Waals surface area contributed by atoms with Gasteiger partial charge in [0.2, 0.25) is 0 Å². The second-order valence-electron chi connectivity index (χ2n) is 7.38. The second-order valence-corrected chi connectivity index (χ2v) is 8.77. The lowest BCUT2D eigenvalue weighted by molar-refractivity contribution is -0.734. The van der Waals surface area contributed by atoms with Gasteiger partial charge in [-0.15, -0.1) is 0 Å². The SMILES string of the molecule is O=[N+]([O-])c1ccc(-[n+]2nc(-c3ccccc3S(=O)(=O)O)nn2-c2cccc3[nH]cnc23)c(CO)c1. The van der Waals surface area contributed by atoms with Gasteiger partial charge < -0.3 is 10.1 Å². The maximum Gasteiger partial charge on any atom is 0.341 e. The monoisotopic (exact) mass is 494 g/mol. The summed E-state index contributed by atoms with van der Waals surface area (Å²) < 4.78 is 33.7. The predicted molar refractivity (Wildman–Crippen MR) is 120 cm³/mol. The number of aromatic amines is 1. The number of nitro benzene ring substituents is 1. The molecule has 0 saturated heterocycles. The minimum atomic E-state index is -4.60. The van der Waals surface area contributed by atoms with E-state index in [1.807, 2.05) is 0 Å². The highest BCUT2D eigenvalue weighted by molar-refractivity contribution is 7.86. The molecular weight excluding hydrogens is 478 g/mol. The molecule has 176 valence electrons. The Morgan fingerprint density at radius 1 is 1.11 bits per heavy atom. The number of imidazole rings is 1. The Morgan fingerprint density at radius 3 is 2.66 bits per heavy atom. The number of fused-ring (bicyclic) bond motifs is 1. The molecule has 3 aromatic carbocycles. The van der Waals surface area contributed by atoms with Crippen molar-refractivity contribution in [3.63, 3.8) is 0 Å². The summed E-state index contributed by atoms with van der Waals surface area (Å²) >= 11 is 0. The van der Waals surface area contributed by atoms with Crippen LogP contribution >= 0.6 is 0 Å². The molecular formula is C21H16N7O6S+. The summed E-state index contributed by atoms with van der Waals surface area (Å²) in [5.41, 5.74) is 1.91. The number of nitro groups is 1. The average molecular weight is 494 g/mol. The third-order valence-corrected chi connectivity index (χ3v) is 6.18. The summed E-state index contributed by atoms with van der Waals surface area (Å²) in [4.78, 5) is 20.2. The number of H-pyrrole nitrogens is 1. The van der Waals surface area contributed by atoms with Gasteiger partial charge in [-0.3, -0.25) is 14.7 Å². The van der Waals surface area contributed by atoms with Crippen LogP contribution in [0.3, 0.4) is 0 Å². The molecule has 0 radical (unpaired) electrons. The molecule has 0 spiro atoms. The Bertz CT molecular complexity index is 1710. The van der Waals surface area contributed by atoms with Crippen LogP contribution in [0.4, 0.5) is 5.69 Å². The van der Waals surface area contributed by atoms with Crippen molar-refractivity contribution in [2.75, 3.05) is 0 Å². The highest BCUT2D eigenvalue weighted by atomic mass is 32.2. The van der Waals surface area contributed by atoms with Crippen LogP contribution in [0.2, 0.25) is 0 Å². The van der Waals surface area contributed by atoms with E-state index >= 15 is 0 Å². The number of hydrogen-bond donors (Lipinski definition) is 3. The van der Waals surface area contributed by atoms with Crippen LogP contribution in [0.5, 0.6) is 0 Å². The molecule has 0 aliphatic heterocycles. The zero-order valence-corrected chi connectivity index (χ0v) is 18.5. The summed E-state index contributed by atoms with van der Waals surface area (Å²) in [6.07, 6.45) is 1.50. The number of aliphatic hydroxyl groups is 1. The van der Waals surface area contributed by atoms with Crippen molar-refractivity contribution in [2.45, 2.75) is 11.5 Å². The molecule has 35 heavy (non-hydrogen) atoms. The lowest BCUT2D eigenvalue weighted by atomic mass is 10.1. The van der Waals surface area contributed by atoms with E-state index in [-0.39, 0.29) is 28.3 Å². The molecule has 13 nitrogen and oxygen atoms in total. The summed E-state index contributed by atoms with van der Waals surface area (Å²) in [5, 5.41) is 30.1. The topological polar surface area (TPSA) is 181 Å². The number of rotatable bonds is 6. The Balaban J connectivity index is 1.82. The second kappa shape index (κ2) is 8.35. The van der Waals surface area contributed by atoms with Crippen LogP contribution in [-0.4, -0.2) is 48.0 Å². The van der Waals surface area contributed by atoms with Gasteiger partial charge in [-0.1, -0.05) is 18.2 Å². The van der Waals surface area contributed by atoms with E-state index in [0.717, 1.165) is 0 Å². The van der Waals surface area contributed by atoms with Crippen LogP contribution in [-0.2, 0) is 16.7 Å². The Kier molecular flexibility index (Phi) is 5.32. The van der Waals surface area contributed by atoms with E-state index in [0.29, 0.717) is 16.7 Å². The minimum absolute atomic E-state index is 0.0316. The first-order chi connectivity index (χ1) is 16.8. The number of tetrazole rings is 1. The van der Waals surface area contributed by atoms with Gasteiger partial charge in [0.05, 0.1) is 34.0 Å². The predicted octanol–water partition coefficient (Wildman–Crippen LogP) is 1.73. The van der Waals surface area contributed by atoms with E-state index in [4.69, 9.17) is 0 Å². The van der Waals surface area contributed by atoms with Crippen molar-refractivity contribution in [2.24, 2.45) is 0 Å². The largest absolute Gasteiger partial charge is 0.392 e. The van der Waals surface area contributed by atoms with Crippen LogP contribution in [0, 0.1) is 10.1 Å². The van der Waals surface area contributed by atoms with E-state index in [2.05, 4.69) is 20.2 Å². The van der Waals surface area contributed by atoms with Crippen molar-refractivity contribution in [1.29, 1.82) is 0 Å². The number of para-hydroxylation sites is 1. The lowest BCUT2D eigenvalue weighted by Crippen LogP contribution is -2.44. The fraction of sp³-hybridized carbons (Fsp3) is 0.0476. The van der Waals surface area contributed by atoms with Crippen molar-refractivity contribution < 1.29 is 27.8 Å². The number of nitrogens with one attached hydrogen (secondary N) is 1. The van der Waals surface area contributed by atoms with Crippen molar-refractivity contribution in [3.05, 3.63) is 82.7 Å². The molecule has 0 saturated carbocycles. The van der Waals surface area contributed by atoms with E-state index < -0.39 is 26.5 Å². The summed E-state index contributed by atoms with van der Waals surface area (Å²) in [6, 6.07) is 14.8. The third-order valence-electron chi connectivity index (χ3n) is 5.27. The smallest absolute Gasteiger partial charge is 0.341 e. The van der Waals surface area contributed by atoms with Crippen LogP contribution in [0.15, 0.2) is 71.9 Å². The molecule has 0 unspecified atom stereocenters. The van der Waals surface area contributed by atoms with Crippen LogP contribution in [0.1, 0.15) is 5.56 Å². The van der Waals surface area contributed by atoms with E-state index in [1.54, 1.807) is 24.3 Å². The van der Waals surface area contributed by atoms with Gasteiger partial charge in [-0.05, 0) is 40.2 Å². The summed E-state index contributed by atoms with van der Waals surface area (Å²) in [6.45, 7) is -0.541. The Morgan fingerprint density at radius 2 is 1.91 bits per heavy atom. The normalized spacial score (nSPS) is 11.7. The average Bonchev–Trinajstić information content (AvgIpc) is 3.50. The fourth-order valence-electron chi connectivity index (χ4n) is 3.70. The molecule has 0 fully saturated rings. The van der Waals surface area contributed by atoms with Gasteiger partial charge in [-0.25, -0.2) is 4.98 Å². The van der Waals surface area contributed by atoms with Crippen molar-refractivity contribution in [3.8, 4) is 22.8 Å². The zero-order chi connectivity index (χ0) is 24.7. The molecule has 0 aliphatic rings. The Labute approximate surface area is 196 Å². The van der Waals surface area contributed by atoms with Gasteiger partial charge >= 0.3 is 5.82 Å². The van der Waals surface area contributed by atoms with Gasteiger partial charge in [-0.2, -0.15) is 8.42 Å². The van der Waals surface area contributed by atoms with E-state index in [1.165, 1.54) is 52.3 Å². The summed E-state index contributed by atoms with van der Waals surface area (Å²) in [7, 11) is -4.60. The minimum Gasteiger partial charge on any atom is -0.392 e. The first kappa shape index (κ1) is 22.3. The molecule has 5 aromatic rings. The molecule has 2 aromatic heterocycles. The molecule has 3 N–H and O–H groups in total. The number of nitrogens with zero attached hydrogens (tertiary/aromatic N) is 6. The molecule has 5 rings (SSSR count). The van der Waals surface area contributed by atoms with Gasteiger partial charge in [0.15, 0.2) is 11.4 Å². The quantitative estimate of drug-likeness (QED) is 0.137. The Hall–Kier alpha value is -4.53. The van der Waals surface area contributed by atoms with Gasteiger partial charge in [0.25, 0.3) is 15.8 Å². The maximum atomic E-state index is 12.0.